The Labute approximate surface area is 208 Å². The van der Waals surface area contributed by atoms with Crippen LogP contribution >= 0.6 is 0 Å². The van der Waals surface area contributed by atoms with Crippen molar-refractivity contribution in [1.29, 1.82) is 0 Å². The fourth-order valence-corrected chi connectivity index (χ4v) is 4.85. The molecule has 1 amide bonds. The van der Waals surface area contributed by atoms with Crippen molar-refractivity contribution in [2.24, 2.45) is 17.6 Å². The van der Waals surface area contributed by atoms with Crippen LogP contribution in [0.5, 0.6) is 0 Å². The Kier molecular flexibility index (Phi) is 8.25. The van der Waals surface area contributed by atoms with Gasteiger partial charge in [0.2, 0.25) is 5.91 Å². The van der Waals surface area contributed by atoms with Gasteiger partial charge in [-0.05, 0) is 62.1 Å². The lowest BCUT2D eigenvalue weighted by molar-refractivity contribution is -0.141. The number of sulfonamides is 1. The molecule has 0 fully saturated rings. The van der Waals surface area contributed by atoms with Gasteiger partial charge in [-0.2, -0.15) is 18.3 Å². The molecule has 7 nitrogen and oxygen atoms in total. The van der Waals surface area contributed by atoms with Gasteiger partial charge in [0.05, 0.1) is 16.3 Å². The predicted molar refractivity (Wildman–Crippen MR) is 131 cm³/mol. The van der Waals surface area contributed by atoms with E-state index in [1.807, 2.05) is 25.5 Å². The standard InChI is InChI=1S/C25H29F3N4O3S/c1-16(2)12-18(15-29)13-24(33)31-36(34,35)21-10-8-20(9-11-21)32-22(14-23(30-32)25(26,27)28)19-6-4-17(3)5-7-19/h4-11,14,16,18H,12-13,15,29H2,1-3H3,(H,31,33)/t18-/m0/s1. The number of nitrogens with two attached hydrogens (primary N) is 1. The second-order valence-corrected chi connectivity index (χ2v) is 10.8. The van der Waals surface area contributed by atoms with Gasteiger partial charge in [-0.25, -0.2) is 17.8 Å². The van der Waals surface area contributed by atoms with Gasteiger partial charge in [-0.3, -0.25) is 4.79 Å². The third-order valence-corrected chi connectivity index (χ3v) is 6.99. The summed E-state index contributed by atoms with van der Waals surface area (Å²) in [6.45, 7) is 6.09. The first kappa shape index (κ1) is 27.4. The molecule has 0 aliphatic heterocycles. The van der Waals surface area contributed by atoms with Crippen LogP contribution < -0.4 is 10.5 Å². The Balaban J connectivity index is 1.88. The van der Waals surface area contributed by atoms with Crippen LogP contribution in [-0.4, -0.2) is 30.7 Å². The number of alkyl halides is 3. The average Bonchev–Trinajstić information content (AvgIpc) is 3.24. The molecule has 0 saturated carbocycles. The molecule has 0 aliphatic carbocycles. The maximum Gasteiger partial charge on any atom is 0.435 e. The smallest absolute Gasteiger partial charge is 0.330 e. The van der Waals surface area contributed by atoms with Gasteiger partial charge in [0.1, 0.15) is 0 Å². The average molecular weight is 523 g/mol. The minimum atomic E-state index is -4.66. The molecule has 1 atom stereocenters. The molecule has 36 heavy (non-hydrogen) atoms. The van der Waals surface area contributed by atoms with E-state index in [1.54, 1.807) is 24.3 Å². The summed E-state index contributed by atoms with van der Waals surface area (Å²) >= 11 is 0. The van der Waals surface area contributed by atoms with E-state index in [4.69, 9.17) is 5.73 Å². The van der Waals surface area contributed by atoms with Crippen LogP contribution in [-0.2, 0) is 21.0 Å². The van der Waals surface area contributed by atoms with Gasteiger partial charge >= 0.3 is 6.18 Å². The molecule has 3 rings (SSSR count). The third kappa shape index (κ3) is 6.73. The van der Waals surface area contributed by atoms with Crippen molar-refractivity contribution in [3.05, 3.63) is 65.9 Å². The van der Waals surface area contributed by atoms with E-state index in [-0.39, 0.29) is 35.2 Å². The fraction of sp³-hybridized carbons (Fsp3) is 0.360. The van der Waals surface area contributed by atoms with Crippen LogP contribution in [0.3, 0.4) is 0 Å². The Morgan fingerprint density at radius 3 is 2.22 bits per heavy atom. The third-order valence-electron chi connectivity index (χ3n) is 5.60. The van der Waals surface area contributed by atoms with Gasteiger partial charge in [-0.1, -0.05) is 43.7 Å². The number of aromatic nitrogens is 2. The SMILES string of the molecule is Cc1ccc(-c2cc(C(F)(F)F)nn2-c2ccc(S(=O)(=O)NC(=O)C[C@@H](CN)CC(C)C)cc2)cc1. The highest BCUT2D eigenvalue weighted by molar-refractivity contribution is 7.90. The summed E-state index contributed by atoms with van der Waals surface area (Å²) in [6.07, 6.45) is -4.00. The Hall–Kier alpha value is -3.18. The summed E-state index contributed by atoms with van der Waals surface area (Å²) in [6, 6.07) is 13.0. The minimum absolute atomic E-state index is 0.0284. The maximum absolute atomic E-state index is 13.4. The fourth-order valence-electron chi connectivity index (χ4n) is 3.86. The van der Waals surface area contributed by atoms with Gasteiger partial charge in [0.15, 0.2) is 5.69 Å². The van der Waals surface area contributed by atoms with Crippen molar-refractivity contribution < 1.29 is 26.4 Å². The van der Waals surface area contributed by atoms with Crippen LogP contribution in [0, 0.1) is 18.8 Å². The van der Waals surface area contributed by atoms with Gasteiger partial charge < -0.3 is 5.73 Å². The molecule has 0 spiro atoms. The predicted octanol–water partition coefficient (Wildman–Crippen LogP) is 4.68. The lowest BCUT2D eigenvalue weighted by Crippen LogP contribution is -2.33. The molecule has 2 aromatic carbocycles. The van der Waals surface area contributed by atoms with E-state index in [1.165, 1.54) is 24.3 Å². The normalized spacial score (nSPS) is 13.1. The van der Waals surface area contributed by atoms with Crippen molar-refractivity contribution in [3.63, 3.8) is 0 Å². The molecular formula is C25H29F3N4O3S. The number of aryl methyl sites for hydroxylation is 1. The van der Waals surface area contributed by atoms with E-state index in [0.717, 1.165) is 16.3 Å². The van der Waals surface area contributed by atoms with Gasteiger partial charge in [0.25, 0.3) is 10.0 Å². The summed E-state index contributed by atoms with van der Waals surface area (Å²) in [4.78, 5) is 12.1. The first-order valence-corrected chi connectivity index (χ1v) is 12.9. The van der Waals surface area contributed by atoms with Crippen molar-refractivity contribution in [2.75, 3.05) is 6.54 Å². The number of carbonyl (C=O) groups excluding carboxylic acids is 1. The van der Waals surface area contributed by atoms with Crippen LogP contribution in [0.4, 0.5) is 13.2 Å². The monoisotopic (exact) mass is 522 g/mol. The van der Waals surface area contributed by atoms with E-state index in [0.29, 0.717) is 17.9 Å². The van der Waals surface area contributed by atoms with Gasteiger partial charge in [-0.15, -0.1) is 0 Å². The number of amides is 1. The highest BCUT2D eigenvalue weighted by Crippen LogP contribution is 2.33. The molecule has 1 aromatic heterocycles. The number of carbonyl (C=O) groups is 1. The minimum Gasteiger partial charge on any atom is -0.330 e. The summed E-state index contributed by atoms with van der Waals surface area (Å²) in [5.41, 5.74) is 6.51. The van der Waals surface area contributed by atoms with Crippen molar-refractivity contribution in [1.82, 2.24) is 14.5 Å². The number of rotatable bonds is 9. The summed E-state index contributed by atoms with van der Waals surface area (Å²) in [5.74, 6) is -0.510. The summed E-state index contributed by atoms with van der Waals surface area (Å²) in [5, 5.41) is 3.72. The lowest BCUT2D eigenvalue weighted by Gasteiger charge is -2.16. The molecule has 1 heterocycles. The molecule has 0 saturated heterocycles. The molecule has 0 radical (unpaired) electrons. The van der Waals surface area contributed by atoms with Crippen LogP contribution in [0.15, 0.2) is 59.5 Å². The van der Waals surface area contributed by atoms with E-state index >= 15 is 0 Å². The highest BCUT2D eigenvalue weighted by Gasteiger charge is 2.35. The molecule has 194 valence electrons. The second kappa shape index (κ2) is 10.8. The van der Waals surface area contributed by atoms with Crippen LogP contribution in [0.25, 0.3) is 16.9 Å². The van der Waals surface area contributed by atoms with Crippen molar-refractivity contribution in [3.8, 4) is 16.9 Å². The zero-order valence-corrected chi connectivity index (χ0v) is 21.0. The quantitative estimate of drug-likeness (QED) is 0.424. The molecule has 0 bridgehead atoms. The number of halogens is 3. The van der Waals surface area contributed by atoms with E-state index < -0.39 is 27.8 Å². The van der Waals surface area contributed by atoms with Crippen molar-refractivity contribution >= 4 is 15.9 Å². The number of benzene rings is 2. The van der Waals surface area contributed by atoms with Crippen LogP contribution in [0.1, 0.15) is 37.9 Å². The molecular weight excluding hydrogens is 493 g/mol. The number of nitrogens with zero attached hydrogens (tertiary/aromatic N) is 2. The molecule has 11 heteroatoms. The molecule has 3 aromatic rings. The van der Waals surface area contributed by atoms with E-state index in [2.05, 4.69) is 5.10 Å². The maximum atomic E-state index is 13.4. The molecule has 3 N–H and O–H groups in total. The first-order chi connectivity index (χ1) is 16.8. The molecule has 0 aliphatic rings. The van der Waals surface area contributed by atoms with Crippen molar-refractivity contribution in [2.45, 2.75) is 44.7 Å². The van der Waals surface area contributed by atoms with Gasteiger partial charge in [0, 0.05) is 12.0 Å². The first-order valence-electron chi connectivity index (χ1n) is 11.4. The zero-order valence-electron chi connectivity index (χ0n) is 20.2. The second-order valence-electron chi connectivity index (χ2n) is 9.15. The number of hydrogen-bond donors (Lipinski definition) is 2. The number of hydrogen-bond acceptors (Lipinski definition) is 5. The zero-order chi connectivity index (χ0) is 26.7. The number of nitrogens with one attached hydrogen (secondary N) is 1. The summed E-state index contributed by atoms with van der Waals surface area (Å²) in [7, 11) is -4.18. The highest BCUT2D eigenvalue weighted by atomic mass is 32.2. The van der Waals surface area contributed by atoms with Crippen LogP contribution in [0.2, 0.25) is 0 Å². The Morgan fingerprint density at radius 1 is 1.08 bits per heavy atom. The largest absolute Gasteiger partial charge is 0.435 e. The van der Waals surface area contributed by atoms with E-state index in [9.17, 15) is 26.4 Å². The topological polar surface area (TPSA) is 107 Å². The molecule has 0 unspecified atom stereocenters. The Bertz CT molecular complexity index is 1300. The Morgan fingerprint density at radius 2 is 1.69 bits per heavy atom. The lowest BCUT2D eigenvalue weighted by atomic mass is 9.94. The summed E-state index contributed by atoms with van der Waals surface area (Å²) < 4.78 is 68.8.